The van der Waals surface area contributed by atoms with E-state index in [-0.39, 0.29) is 0 Å². The summed E-state index contributed by atoms with van der Waals surface area (Å²) in [7, 11) is 1.89. The minimum Gasteiger partial charge on any atom is -0.350 e. The van der Waals surface area contributed by atoms with Gasteiger partial charge >= 0.3 is 0 Å². The summed E-state index contributed by atoms with van der Waals surface area (Å²) in [6.45, 7) is 2.81. The molecule has 4 aromatic rings. The summed E-state index contributed by atoms with van der Waals surface area (Å²) in [6.07, 6.45) is 1.51. The van der Waals surface area contributed by atoms with Crippen molar-refractivity contribution in [3.8, 4) is 0 Å². The molecule has 1 aromatic carbocycles. The van der Waals surface area contributed by atoms with E-state index in [1.807, 2.05) is 42.3 Å². The maximum absolute atomic E-state index is 5.01. The molecule has 0 radical (unpaired) electrons. The SMILES string of the molecule is Cc1nc(CN(C)c2ncnc3c2nnn3Cc2ccccc2)no1. The van der Waals surface area contributed by atoms with Gasteiger partial charge in [0.15, 0.2) is 22.8 Å². The molecule has 0 saturated carbocycles. The van der Waals surface area contributed by atoms with E-state index in [9.17, 15) is 0 Å². The molecule has 3 aromatic heterocycles. The van der Waals surface area contributed by atoms with Crippen molar-refractivity contribution >= 4 is 17.0 Å². The van der Waals surface area contributed by atoms with Gasteiger partial charge in [0.25, 0.3) is 0 Å². The van der Waals surface area contributed by atoms with E-state index in [1.54, 1.807) is 11.6 Å². The van der Waals surface area contributed by atoms with E-state index in [0.717, 1.165) is 5.56 Å². The average Bonchev–Trinajstić information content (AvgIpc) is 3.22. The lowest BCUT2D eigenvalue weighted by Gasteiger charge is -2.15. The number of fused-ring (bicyclic) bond motifs is 1. The Balaban J connectivity index is 1.64. The Hall–Kier alpha value is -3.36. The zero-order valence-corrected chi connectivity index (χ0v) is 13.9. The fraction of sp³-hybridized carbons (Fsp3) is 0.250. The molecule has 9 heteroatoms. The smallest absolute Gasteiger partial charge is 0.223 e. The zero-order valence-electron chi connectivity index (χ0n) is 13.9. The largest absolute Gasteiger partial charge is 0.350 e. The van der Waals surface area contributed by atoms with Crippen LogP contribution >= 0.6 is 0 Å². The van der Waals surface area contributed by atoms with Crippen molar-refractivity contribution in [2.75, 3.05) is 11.9 Å². The third-order valence-electron chi connectivity index (χ3n) is 3.77. The molecule has 0 bridgehead atoms. The molecule has 4 rings (SSSR count). The molecular weight excluding hydrogens is 320 g/mol. The summed E-state index contributed by atoms with van der Waals surface area (Å²) in [5.74, 6) is 1.79. The summed E-state index contributed by atoms with van der Waals surface area (Å²) in [4.78, 5) is 14.8. The van der Waals surface area contributed by atoms with Gasteiger partial charge in [0, 0.05) is 14.0 Å². The fourth-order valence-electron chi connectivity index (χ4n) is 2.61. The van der Waals surface area contributed by atoms with Gasteiger partial charge in [-0.1, -0.05) is 40.7 Å². The van der Waals surface area contributed by atoms with Crippen molar-refractivity contribution in [1.82, 2.24) is 35.1 Å². The first-order valence-electron chi connectivity index (χ1n) is 7.79. The number of aromatic nitrogens is 7. The Morgan fingerprint density at radius 2 is 2.00 bits per heavy atom. The van der Waals surface area contributed by atoms with Crippen molar-refractivity contribution in [2.24, 2.45) is 0 Å². The zero-order chi connectivity index (χ0) is 17.2. The van der Waals surface area contributed by atoms with Crippen molar-refractivity contribution < 1.29 is 4.52 Å². The van der Waals surface area contributed by atoms with Gasteiger partial charge in [-0.25, -0.2) is 14.6 Å². The highest BCUT2D eigenvalue weighted by atomic mass is 16.5. The van der Waals surface area contributed by atoms with Gasteiger partial charge in [0.1, 0.15) is 6.33 Å². The second-order valence-electron chi connectivity index (χ2n) is 5.69. The first-order valence-corrected chi connectivity index (χ1v) is 7.79. The third-order valence-corrected chi connectivity index (χ3v) is 3.77. The number of rotatable bonds is 5. The van der Waals surface area contributed by atoms with E-state index >= 15 is 0 Å². The van der Waals surface area contributed by atoms with Gasteiger partial charge in [-0.15, -0.1) is 5.10 Å². The number of hydrogen-bond acceptors (Lipinski definition) is 8. The number of aryl methyl sites for hydroxylation is 1. The maximum atomic E-state index is 5.01. The lowest BCUT2D eigenvalue weighted by Crippen LogP contribution is -2.19. The van der Waals surface area contributed by atoms with Gasteiger partial charge in [-0.3, -0.25) is 0 Å². The van der Waals surface area contributed by atoms with E-state index in [2.05, 4.69) is 30.4 Å². The number of benzene rings is 1. The topological polar surface area (TPSA) is 98.7 Å². The van der Waals surface area contributed by atoms with Crippen LogP contribution in [-0.2, 0) is 13.1 Å². The highest BCUT2D eigenvalue weighted by molar-refractivity contribution is 5.82. The third kappa shape index (κ3) is 3.03. The van der Waals surface area contributed by atoms with Crippen molar-refractivity contribution in [1.29, 1.82) is 0 Å². The number of nitrogens with zero attached hydrogens (tertiary/aromatic N) is 8. The average molecular weight is 336 g/mol. The fourth-order valence-corrected chi connectivity index (χ4v) is 2.61. The number of anilines is 1. The molecule has 0 aliphatic carbocycles. The van der Waals surface area contributed by atoms with Crippen LogP contribution in [0.3, 0.4) is 0 Å². The molecule has 0 aliphatic heterocycles. The van der Waals surface area contributed by atoms with E-state index in [1.165, 1.54) is 6.33 Å². The predicted molar refractivity (Wildman–Crippen MR) is 89.8 cm³/mol. The molecule has 0 atom stereocenters. The van der Waals surface area contributed by atoms with Crippen LogP contribution in [0.1, 0.15) is 17.3 Å². The van der Waals surface area contributed by atoms with Crippen LogP contribution < -0.4 is 4.90 Å². The van der Waals surface area contributed by atoms with E-state index in [4.69, 9.17) is 4.52 Å². The molecule has 0 fully saturated rings. The summed E-state index contributed by atoms with van der Waals surface area (Å²) in [5, 5.41) is 12.4. The second-order valence-corrected chi connectivity index (χ2v) is 5.69. The Bertz CT molecular complexity index is 994. The summed E-state index contributed by atoms with van der Waals surface area (Å²) >= 11 is 0. The molecular formula is C16H16N8O. The standard InChI is InChI=1S/C16H16N8O/c1-11-19-13(21-25-11)9-23(2)15-14-16(18-10-17-15)24(22-20-14)8-12-6-4-3-5-7-12/h3-7,10H,8-9H2,1-2H3. The quantitative estimate of drug-likeness (QED) is 0.542. The molecule has 0 unspecified atom stereocenters. The monoisotopic (exact) mass is 336 g/mol. The lowest BCUT2D eigenvalue weighted by atomic mass is 10.2. The van der Waals surface area contributed by atoms with Gasteiger partial charge in [-0.2, -0.15) is 4.98 Å². The van der Waals surface area contributed by atoms with Gasteiger partial charge in [-0.05, 0) is 5.56 Å². The summed E-state index contributed by atoms with van der Waals surface area (Å²) in [5.41, 5.74) is 2.45. The van der Waals surface area contributed by atoms with Crippen LogP contribution in [0.15, 0.2) is 41.2 Å². The van der Waals surface area contributed by atoms with Crippen LogP contribution in [0.4, 0.5) is 5.82 Å². The normalized spacial score (nSPS) is 11.1. The van der Waals surface area contributed by atoms with Crippen LogP contribution in [-0.4, -0.2) is 42.2 Å². The van der Waals surface area contributed by atoms with Crippen LogP contribution in [0, 0.1) is 6.92 Å². The molecule has 126 valence electrons. The maximum Gasteiger partial charge on any atom is 0.223 e. The van der Waals surface area contributed by atoms with Gasteiger partial charge < -0.3 is 9.42 Å². The lowest BCUT2D eigenvalue weighted by molar-refractivity contribution is 0.387. The first-order chi connectivity index (χ1) is 12.2. The van der Waals surface area contributed by atoms with E-state index < -0.39 is 0 Å². The molecule has 0 saturated heterocycles. The highest BCUT2D eigenvalue weighted by Crippen LogP contribution is 2.21. The molecule has 25 heavy (non-hydrogen) atoms. The Morgan fingerprint density at radius 3 is 2.76 bits per heavy atom. The molecule has 0 aliphatic rings. The van der Waals surface area contributed by atoms with Crippen LogP contribution in [0.2, 0.25) is 0 Å². The van der Waals surface area contributed by atoms with Crippen LogP contribution in [0.5, 0.6) is 0 Å². The van der Waals surface area contributed by atoms with Crippen molar-refractivity contribution in [3.63, 3.8) is 0 Å². The predicted octanol–water partition coefficient (Wildman–Crippen LogP) is 1.60. The molecule has 9 nitrogen and oxygen atoms in total. The summed E-state index contributed by atoms with van der Waals surface area (Å²) in [6, 6.07) is 10.1. The number of hydrogen-bond donors (Lipinski definition) is 0. The summed E-state index contributed by atoms with van der Waals surface area (Å²) < 4.78 is 6.77. The molecule has 0 amide bonds. The highest BCUT2D eigenvalue weighted by Gasteiger charge is 2.16. The minimum atomic E-state index is 0.453. The van der Waals surface area contributed by atoms with Gasteiger partial charge in [0.2, 0.25) is 5.89 Å². The van der Waals surface area contributed by atoms with E-state index in [0.29, 0.717) is 41.8 Å². The molecule has 0 spiro atoms. The minimum absolute atomic E-state index is 0.453. The molecule has 3 heterocycles. The first kappa shape index (κ1) is 15.2. The van der Waals surface area contributed by atoms with Crippen LogP contribution in [0.25, 0.3) is 11.2 Å². The van der Waals surface area contributed by atoms with Crippen molar-refractivity contribution in [3.05, 3.63) is 53.9 Å². The van der Waals surface area contributed by atoms with Crippen molar-refractivity contribution in [2.45, 2.75) is 20.0 Å². The Kier molecular flexibility index (Phi) is 3.81. The molecule has 0 N–H and O–H groups in total. The Labute approximate surface area is 143 Å². The van der Waals surface area contributed by atoms with Gasteiger partial charge in [0.05, 0.1) is 13.1 Å². The Morgan fingerprint density at radius 1 is 1.16 bits per heavy atom. The second kappa shape index (κ2) is 6.27.